The van der Waals surface area contributed by atoms with Crippen LogP contribution in [0.5, 0.6) is 0 Å². The van der Waals surface area contributed by atoms with Gasteiger partial charge in [0.1, 0.15) is 6.54 Å². The van der Waals surface area contributed by atoms with Gasteiger partial charge in [-0.25, -0.2) is 4.79 Å². The fourth-order valence-corrected chi connectivity index (χ4v) is 2.56. The van der Waals surface area contributed by atoms with Gasteiger partial charge in [0.15, 0.2) is 0 Å². The van der Waals surface area contributed by atoms with Crippen LogP contribution in [0.1, 0.15) is 27.2 Å². The Morgan fingerprint density at radius 1 is 1.17 bits per heavy atom. The molecule has 0 aliphatic rings. The minimum absolute atomic E-state index is 0.0778. The molecule has 0 aliphatic heterocycles. The van der Waals surface area contributed by atoms with Gasteiger partial charge in [0.2, 0.25) is 5.91 Å². The molecule has 1 N–H and O–H groups in total. The summed E-state index contributed by atoms with van der Waals surface area (Å²) in [6.07, 6.45) is -0.0674. The second kappa shape index (κ2) is 7.81. The first-order valence-electron chi connectivity index (χ1n) is 8.08. The molecule has 7 heteroatoms. The molecular weight excluding hydrogens is 310 g/mol. The number of aryl methyl sites for hydroxylation is 1. The molecule has 0 spiro atoms. The fourth-order valence-electron chi connectivity index (χ4n) is 2.56. The third-order valence-corrected chi connectivity index (χ3v) is 3.56. The number of esters is 1. The van der Waals surface area contributed by atoms with Crippen LogP contribution < -0.4 is 11.0 Å². The van der Waals surface area contributed by atoms with Gasteiger partial charge in [-0.2, -0.15) is 0 Å². The number of carbonyl (C=O) groups is 2. The Bertz CT molecular complexity index is 789. The van der Waals surface area contributed by atoms with Crippen molar-refractivity contribution in [3.63, 3.8) is 0 Å². The normalized spacial score (nSPS) is 11.0. The molecule has 2 rings (SSSR count). The summed E-state index contributed by atoms with van der Waals surface area (Å²) in [6, 6.07) is 7.36. The Balaban J connectivity index is 2.02. The van der Waals surface area contributed by atoms with E-state index in [4.69, 9.17) is 4.74 Å². The van der Waals surface area contributed by atoms with Gasteiger partial charge in [0.25, 0.3) is 0 Å². The monoisotopic (exact) mass is 333 g/mol. The quantitative estimate of drug-likeness (QED) is 0.774. The smallest absolute Gasteiger partial charge is 0.329 e. The summed E-state index contributed by atoms with van der Waals surface area (Å²) >= 11 is 0. The molecule has 0 fully saturated rings. The van der Waals surface area contributed by atoms with E-state index in [1.807, 2.05) is 31.2 Å². The number of benzene rings is 1. The number of nitrogens with one attached hydrogen (secondary N) is 1. The molecule has 0 bridgehead atoms. The molecule has 0 saturated heterocycles. The van der Waals surface area contributed by atoms with E-state index in [-0.39, 0.29) is 43.2 Å². The van der Waals surface area contributed by atoms with E-state index in [1.54, 1.807) is 18.4 Å². The van der Waals surface area contributed by atoms with Crippen molar-refractivity contribution in [2.24, 2.45) is 0 Å². The summed E-state index contributed by atoms with van der Waals surface area (Å²) < 4.78 is 8.07. The van der Waals surface area contributed by atoms with Crippen molar-refractivity contribution < 1.29 is 14.3 Å². The second-order valence-corrected chi connectivity index (χ2v) is 5.74. The number of para-hydroxylation sites is 2. The molecule has 7 nitrogen and oxygen atoms in total. The van der Waals surface area contributed by atoms with Crippen molar-refractivity contribution in [2.75, 3.05) is 6.54 Å². The van der Waals surface area contributed by atoms with Crippen molar-refractivity contribution in [2.45, 2.75) is 46.4 Å². The lowest BCUT2D eigenvalue weighted by atomic mass is 10.3. The van der Waals surface area contributed by atoms with Crippen LogP contribution in [0.2, 0.25) is 0 Å². The van der Waals surface area contributed by atoms with Crippen molar-refractivity contribution in [1.82, 2.24) is 14.5 Å². The minimum atomic E-state index is -0.356. The molecule has 130 valence electrons. The van der Waals surface area contributed by atoms with Gasteiger partial charge in [-0.15, -0.1) is 0 Å². The lowest BCUT2D eigenvalue weighted by Crippen LogP contribution is -2.34. The highest BCUT2D eigenvalue weighted by atomic mass is 16.5. The van der Waals surface area contributed by atoms with Crippen LogP contribution in [0.15, 0.2) is 29.1 Å². The molecule has 1 aromatic heterocycles. The molecule has 2 aromatic rings. The number of amides is 1. The lowest BCUT2D eigenvalue weighted by Gasteiger charge is -2.09. The van der Waals surface area contributed by atoms with Gasteiger partial charge in [-0.05, 0) is 32.9 Å². The number of hydrogen-bond donors (Lipinski definition) is 1. The summed E-state index contributed by atoms with van der Waals surface area (Å²) in [5.41, 5.74) is 1.31. The largest absolute Gasteiger partial charge is 0.463 e. The number of hydrogen-bond acceptors (Lipinski definition) is 4. The van der Waals surface area contributed by atoms with Crippen molar-refractivity contribution >= 4 is 22.9 Å². The SMILES string of the molecule is CCn1c(=O)n(CC(=O)NCCC(=O)OC(C)C)c2ccccc21. The lowest BCUT2D eigenvalue weighted by molar-refractivity contribution is -0.147. The number of carbonyl (C=O) groups excluding carboxylic acids is 2. The van der Waals surface area contributed by atoms with Gasteiger partial charge in [-0.3, -0.25) is 18.7 Å². The van der Waals surface area contributed by atoms with Crippen LogP contribution >= 0.6 is 0 Å². The molecular formula is C17H23N3O4. The van der Waals surface area contributed by atoms with Crippen LogP contribution in [-0.4, -0.2) is 33.7 Å². The third kappa shape index (κ3) is 4.04. The van der Waals surface area contributed by atoms with Gasteiger partial charge < -0.3 is 10.1 Å². The topological polar surface area (TPSA) is 82.3 Å². The first kappa shape index (κ1) is 17.8. The second-order valence-electron chi connectivity index (χ2n) is 5.74. The van der Waals surface area contributed by atoms with Crippen LogP contribution in [0.4, 0.5) is 0 Å². The minimum Gasteiger partial charge on any atom is -0.463 e. The zero-order valence-corrected chi connectivity index (χ0v) is 14.2. The Hall–Kier alpha value is -2.57. The van der Waals surface area contributed by atoms with Gasteiger partial charge >= 0.3 is 11.7 Å². The van der Waals surface area contributed by atoms with Gasteiger partial charge in [-0.1, -0.05) is 12.1 Å². The van der Waals surface area contributed by atoms with Crippen LogP contribution in [0.3, 0.4) is 0 Å². The zero-order valence-electron chi connectivity index (χ0n) is 14.2. The standard InChI is InChI=1S/C17H23N3O4/c1-4-19-13-7-5-6-8-14(13)20(17(19)23)11-15(21)18-10-9-16(22)24-12(2)3/h5-8,12H,4,9-11H2,1-3H3,(H,18,21). The fraction of sp³-hybridized carbons (Fsp3) is 0.471. The summed E-state index contributed by atoms with van der Waals surface area (Å²) in [6.45, 7) is 6.07. The van der Waals surface area contributed by atoms with E-state index >= 15 is 0 Å². The van der Waals surface area contributed by atoms with Crippen molar-refractivity contribution in [1.29, 1.82) is 0 Å². The average molecular weight is 333 g/mol. The van der Waals surface area contributed by atoms with Crippen molar-refractivity contribution in [3.05, 3.63) is 34.7 Å². The van der Waals surface area contributed by atoms with E-state index in [9.17, 15) is 14.4 Å². The summed E-state index contributed by atoms with van der Waals surface area (Å²) in [7, 11) is 0. The van der Waals surface area contributed by atoms with Gasteiger partial charge in [0, 0.05) is 13.1 Å². The first-order valence-corrected chi connectivity index (χ1v) is 8.08. The van der Waals surface area contributed by atoms with E-state index in [0.29, 0.717) is 6.54 Å². The van der Waals surface area contributed by atoms with E-state index in [1.165, 1.54) is 4.57 Å². The van der Waals surface area contributed by atoms with Crippen LogP contribution in [0, 0.1) is 0 Å². The highest BCUT2D eigenvalue weighted by Crippen LogP contribution is 2.12. The zero-order chi connectivity index (χ0) is 17.7. The van der Waals surface area contributed by atoms with E-state index < -0.39 is 0 Å². The van der Waals surface area contributed by atoms with Gasteiger partial charge in [0.05, 0.1) is 23.6 Å². The van der Waals surface area contributed by atoms with Crippen molar-refractivity contribution in [3.8, 4) is 0 Å². The Morgan fingerprint density at radius 2 is 1.79 bits per heavy atom. The molecule has 24 heavy (non-hydrogen) atoms. The predicted octanol–water partition coefficient (Wildman–Crippen LogP) is 1.28. The highest BCUT2D eigenvalue weighted by Gasteiger charge is 2.14. The molecule has 0 unspecified atom stereocenters. The van der Waals surface area contributed by atoms with Crippen LogP contribution in [0.25, 0.3) is 11.0 Å². The number of nitrogens with zero attached hydrogens (tertiary/aromatic N) is 2. The first-order chi connectivity index (χ1) is 11.4. The molecule has 1 amide bonds. The number of imidazole rings is 1. The number of fused-ring (bicyclic) bond motifs is 1. The Labute approximate surface area is 140 Å². The maximum Gasteiger partial charge on any atom is 0.329 e. The Morgan fingerprint density at radius 3 is 2.38 bits per heavy atom. The van der Waals surface area contributed by atoms with Crippen LogP contribution in [-0.2, 0) is 27.4 Å². The summed E-state index contributed by atoms with van der Waals surface area (Å²) in [5, 5.41) is 2.65. The molecule has 0 atom stereocenters. The predicted molar refractivity (Wildman–Crippen MR) is 90.7 cm³/mol. The molecule has 0 aliphatic carbocycles. The summed E-state index contributed by atoms with van der Waals surface area (Å²) in [4.78, 5) is 35.9. The molecule has 1 aromatic carbocycles. The third-order valence-electron chi connectivity index (χ3n) is 3.56. The highest BCUT2D eigenvalue weighted by molar-refractivity contribution is 5.81. The maximum atomic E-state index is 12.4. The Kier molecular flexibility index (Phi) is 5.78. The summed E-state index contributed by atoms with van der Waals surface area (Å²) in [5.74, 6) is -0.668. The maximum absolute atomic E-state index is 12.4. The van der Waals surface area contributed by atoms with E-state index in [0.717, 1.165) is 11.0 Å². The number of rotatable bonds is 7. The molecule has 0 saturated carbocycles. The van der Waals surface area contributed by atoms with E-state index in [2.05, 4.69) is 5.32 Å². The number of aromatic nitrogens is 2. The number of ether oxygens (including phenoxy) is 1. The molecule has 0 radical (unpaired) electrons. The average Bonchev–Trinajstić information content (AvgIpc) is 2.78. The molecule has 1 heterocycles.